The van der Waals surface area contributed by atoms with Gasteiger partial charge in [-0.05, 0) is 23.8 Å². The van der Waals surface area contributed by atoms with Crippen LogP contribution >= 0.6 is 23.2 Å². The first-order chi connectivity index (χ1) is 11.5. The van der Waals surface area contributed by atoms with Gasteiger partial charge in [0.15, 0.2) is 6.61 Å². The van der Waals surface area contributed by atoms with Crippen LogP contribution in [0.25, 0.3) is 0 Å². The maximum absolute atomic E-state index is 12.1. The number of carbonyl (C=O) groups excluding carboxylic acids is 1. The van der Waals surface area contributed by atoms with Gasteiger partial charge in [0.1, 0.15) is 5.75 Å². The predicted octanol–water partition coefficient (Wildman–Crippen LogP) is 3.70. The van der Waals surface area contributed by atoms with Gasteiger partial charge in [-0.15, -0.1) is 0 Å². The molecule has 2 aromatic rings. The molecule has 2 rings (SSSR count). The SMILES string of the molecule is O=C(O)CC(NC(=O)COc1ccc(Cl)cc1Cl)c1ccccc1. The van der Waals surface area contributed by atoms with Crippen molar-refractivity contribution >= 4 is 35.1 Å². The number of carbonyl (C=O) groups is 2. The number of ether oxygens (including phenoxy) is 1. The lowest BCUT2D eigenvalue weighted by atomic mass is 10.0. The Labute approximate surface area is 149 Å². The first-order valence-corrected chi connectivity index (χ1v) is 7.85. The Kier molecular flexibility index (Phi) is 6.46. The van der Waals surface area contributed by atoms with E-state index in [9.17, 15) is 9.59 Å². The van der Waals surface area contributed by atoms with E-state index in [0.29, 0.717) is 21.4 Å². The fourth-order valence-corrected chi connectivity index (χ4v) is 2.55. The summed E-state index contributed by atoms with van der Waals surface area (Å²) in [7, 11) is 0. The zero-order chi connectivity index (χ0) is 17.5. The normalized spacial score (nSPS) is 11.6. The number of hydrogen-bond acceptors (Lipinski definition) is 3. The number of carboxylic acid groups (broad SMARTS) is 1. The summed E-state index contributed by atoms with van der Waals surface area (Å²) in [6, 6.07) is 12.9. The predicted molar refractivity (Wildman–Crippen MR) is 91.5 cm³/mol. The highest BCUT2D eigenvalue weighted by Crippen LogP contribution is 2.27. The fourth-order valence-electron chi connectivity index (χ4n) is 2.08. The van der Waals surface area contributed by atoms with Crippen molar-refractivity contribution < 1.29 is 19.4 Å². The molecule has 126 valence electrons. The van der Waals surface area contributed by atoms with Crippen molar-refractivity contribution in [1.82, 2.24) is 5.32 Å². The molecular weight excluding hydrogens is 353 g/mol. The van der Waals surface area contributed by atoms with Gasteiger partial charge >= 0.3 is 5.97 Å². The fraction of sp³-hybridized carbons (Fsp3) is 0.176. The summed E-state index contributed by atoms with van der Waals surface area (Å²) in [5.74, 6) is -1.13. The monoisotopic (exact) mass is 367 g/mol. The van der Waals surface area contributed by atoms with Gasteiger partial charge < -0.3 is 15.2 Å². The third-order valence-electron chi connectivity index (χ3n) is 3.17. The smallest absolute Gasteiger partial charge is 0.305 e. The zero-order valence-corrected chi connectivity index (χ0v) is 14.1. The van der Waals surface area contributed by atoms with Crippen LogP contribution in [0.1, 0.15) is 18.0 Å². The van der Waals surface area contributed by atoms with Gasteiger partial charge in [-0.3, -0.25) is 9.59 Å². The molecule has 7 heteroatoms. The van der Waals surface area contributed by atoms with Crippen LogP contribution in [0.2, 0.25) is 10.0 Å². The molecule has 0 saturated heterocycles. The second-order valence-corrected chi connectivity index (χ2v) is 5.84. The van der Waals surface area contributed by atoms with E-state index in [2.05, 4.69) is 5.32 Å². The van der Waals surface area contributed by atoms with E-state index in [4.69, 9.17) is 33.0 Å². The van der Waals surface area contributed by atoms with Crippen LogP contribution < -0.4 is 10.1 Å². The van der Waals surface area contributed by atoms with Gasteiger partial charge in [-0.25, -0.2) is 0 Å². The van der Waals surface area contributed by atoms with Crippen molar-refractivity contribution in [1.29, 1.82) is 0 Å². The van der Waals surface area contributed by atoms with Crippen molar-refractivity contribution in [2.24, 2.45) is 0 Å². The number of rotatable bonds is 7. The summed E-state index contributed by atoms with van der Waals surface area (Å²) in [5.41, 5.74) is 0.706. The van der Waals surface area contributed by atoms with Crippen molar-refractivity contribution in [3.05, 3.63) is 64.1 Å². The van der Waals surface area contributed by atoms with E-state index in [1.165, 1.54) is 6.07 Å². The first-order valence-electron chi connectivity index (χ1n) is 7.09. The molecule has 0 saturated carbocycles. The van der Waals surface area contributed by atoms with Crippen molar-refractivity contribution in [3.63, 3.8) is 0 Å². The molecule has 0 heterocycles. The van der Waals surface area contributed by atoms with Crippen molar-refractivity contribution in [3.8, 4) is 5.75 Å². The number of halogens is 2. The van der Waals surface area contributed by atoms with Gasteiger partial charge in [-0.2, -0.15) is 0 Å². The Morgan fingerprint density at radius 2 is 1.83 bits per heavy atom. The number of amides is 1. The summed E-state index contributed by atoms with van der Waals surface area (Å²) >= 11 is 11.8. The molecule has 0 radical (unpaired) electrons. The molecule has 2 N–H and O–H groups in total. The Morgan fingerprint density at radius 1 is 1.12 bits per heavy atom. The second kappa shape index (κ2) is 8.57. The third-order valence-corrected chi connectivity index (χ3v) is 3.70. The number of carboxylic acids is 1. The molecule has 0 aliphatic rings. The van der Waals surface area contributed by atoms with Crippen molar-refractivity contribution in [2.45, 2.75) is 12.5 Å². The maximum Gasteiger partial charge on any atom is 0.305 e. The van der Waals surface area contributed by atoms with Gasteiger partial charge in [0.2, 0.25) is 0 Å². The molecule has 1 atom stereocenters. The molecule has 0 aliphatic carbocycles. The Balaban J connectivity index is 1.98. The summed E-state index contributed by atoms with van der Waals surface area (Å²) in [6.45, 7) is -0.287. The van der Waals surface area contributed by atoms with E-state index < -0.39 is 17.9 Å². The summed E-state index contributed by atoms with van der Waals surface area (Å²) in [6.07, 6.45) is -0.225. The van der Waals surface area contributed by atoms with Crippen LogP contribution in [0.4, 0.5) is 0 Å². The average molecular weight is 368 g/mol. The number of aliphatic carboxylic acids is 1. The molecule has 0 aliphatic heterocycles. The van der Waals surface area contributed by atoms with Crippen LogP contribution in [-0.2, 0) is 9.59 Å². The van der Waals surface area contributed by atoms with Gasteiger partial charge in [0.05, 0.1) is 17.5 Å². The van der Waals surface area contributed by atoms with Crippen LogP contribution in [0.5, 0.6) is 5.75 Å². The number of hydrogen-bond donors (Lipinski definition) is 2. The molecular formula is C17H15Cl2NO4. The average Bonchev–Trinajstić information content (AvgIpc) is 2.54. The minimum absolute atomic E-state index is 0.225. The molecule has 0 bridgehead atoms. The molecule has 5 nitrogen and oxygen atoms in total. The van der Waals surface area contributed by atoms with Crippen LogP contribution in [0.3, 0.4) is 0 Å². The lowest BCUT2D eigenvalue weighted by Crippen LogP contribution is -2.33. The zero-order valence-electron chi connectivity index (χ0n) is 12.5. The third kappa shape index (κ3) is 5.44. The molecule has 2 aromatic carbocycles. The Morgan fingerprint density at radius 3 is 2.46 bits per heavy atom. The second-order valence-electron chi connectivity index (χ2n) is 4.99. The van der Waals surface area contributed by atoms with Crippen LogP contribution in [0.15, 0.2) is 48.5 Å². The summed E-state index contributed by atoms with van der Waals surface area (Å²) in [4.78, 5) is 23.1. The largest absolute Gasteiger partial charge is 0.482 e. The summed E-state index contributed by atoms with van der Waals surface area (Å²) in [5, 5.41) is 12.4. The van der Waals surface area contributed by atoms with E-state index in [1.54, 1.807) is 36.4 Å². The Bertz CT molecular complexity index is 722. The van der Waals surface area contributed by atoms with E-state index in [-0.39, 0.29) is 13.0 Å². The minimum Gasteiger partial charge on any atom is -0.482 e. The maximum atomic E-state index is 12.1. The van der Waals surface area contributed by atoms with Gasteiger partial charge in [-0.1, -0.05) is 53.5 Å². The van der Waals surface area contributed by atoms with E-state index in [0.717, 1.165) is 0 Å². The molecule has 1 unspecified atom stereocenters. The quantitative estimate of drug-likeness (QED) is 0.781. The van der Waals surface area contributed by atoms with E-state index >= 15 is 0 Å². The molecule has 0 aromatic heterocycles. The minimum atomic E-state index is -1.01. The number of nitrogens with one attached hydrogen (secondary N) is 1. The molecule has 1 amide bonds. The highest BCUT2D eigenvalue weighted by atomic mass is 35.5. The molecule has 0 fully saturated rings. The standard InChI is InChI=1S/C17H15Cl2NO4/c18-12-6-7-15(13(19)8-12)24-10-16(21)20-14(9-17(22)23)11-4-2-1-3-5-11/h1-8,14H,9-10H2,(H,20,21)(H,22,23). The lowest BCUT2D eigenvalue weighted by Gasteiger charge is -2.17. The number of benzene rings is 2. The van der Waals surface area contributed by atoms with Crippen LogP contribution in [0, 0.1) is 0 Å². The summed E-state index contributed by atoms with van der Waals surface area (Å²) < 4.78 is 5.35. The van der Waals surface area contributed by atoms with E-state index in [1.807, 2.05) is 6.07 Å². The molecule has 24 heavy (non-hydrogen) atoms. The van der Waals surface area contributed by atoms with Gasteiger partial charge in [0, 0.05) is 5.02 Å². The topological polar surface area (TPSA) is 75.6 Å². The van der Waals surface area contributed by atoms with Crippen LogP contribution in [-0.4, -0.2) is 23.6 Å². The first kappa shape index (κ1) is 18.1. The Hall–Kier alpha value is -2.24. The highest BCUT2D eigenvalue weighted by Gasteiger charge is 2.18. The molecule has 0 spiro atoms. The van der Waals surface area contributed by atoms with Gasteiger partial charge in [0.25, 0.3) is 5.91 Å². The highest BCUT2D eigenvalue weighted by molar-refractivity contribution is 6.35. The van der Waals surface area contributed by atoms with Crippen molar-refractivity contribution in [2.75, 3.05) is 6.61 Å². The lowest BCUT2D eigenvalue weighted by molar-refractivity contribution is -0.137.